The molecule has 2 aliphatic rings. The summed E-state index contributed by atoms with van der Waals surface area (Å²) in [5.74, 6) is -0.157. The Morgan fingerprint density at radius 1 is 1.48 bits per heavy atom. The van der Waals surface area contributed by atoms with Crippen molar-refractivity contribution in [1.82, 2.24) is 14.8 Å². The molecule has 2 aliphatic heterocycles. The van der Waals surface area contributed by atoms with Crippen molar-refractivity contribution in [1.29, 1.82) is 5.26 Å². The molecule has 1 amide bonds. The van der Waals surface area contributed by atoms with E-state index in [4.69, 9.17) is 10.00 Å². The minimum absolute atomic E-state index is 0.0329. The lowest BCUT2D eigenvalue weighted by Gasteiger charge is -2.25. The van der Waals surface area contributed by atoms with Crippen molar-refractivity contribution in [2.75, 3.05) is 44.7 Å². The largest absolute Gasteiger partial charge is 0.379 e. The van der Waals surface area contributed by atoms with Crippen LogP contribution in [-0.2, 0) is 16.1 Å². The van der Waals surface area contributed by atoms with Crippen molar-refractivity contribution >= 4 is 22.4 Å². The number of nitriles is 1. The van der Waals surface area contributed by atoms with E-state index in [1.165, 1.54) is 4.88 Å². The number of anilines is 1. The van der Waals surface area contributed by atoms with Crippen LogP contribution in [0.2, 0.25) is 0 Å². The molecule has 8 heteroatoms. The molecule has 1 atom stereocenters. The Bertz CT molecular complexity index is 605. The Kier molecular flexibility index (Phi) is 5.10. The number of nitrogens with one attached hydrogen (secondary N) is 1. The zero-order chi connectivity index (χ0) is 16.2. The fourth-order valence-corrected chi connectivity index (χ4v) is 3.87. The van der Waals surface area contributed by atoms with Gasteiger partial charge in [-0.15, -0.1) is 11.3 Å². The van der Waals surface area contributed by atoms with Gasteiger partial charge in [0.05, 0.1) is 24.8 Å². The van der Waals surface area contributed by atoms with Gasteiger partial charge in [-0.3, -0.25) is 9.69 Å². The number of morpholine rings is 1. The van der Waals surface area contributed by atoms with Crippen molar-refractivity contribution < 1.29 is 9.53 Å². The molecular formula is C15H21N5O2S. The Morgan fingerprint density at radius 3 is 2.96 bits per heavy atom. The topological polar surface area (TPSA) is 81.5 Å². The number of aryl methyl sites for hydroxylation is 1. The van der Waals surface area contributed by atoms with Gasteiger partial charge in [-0.25, -0.2) is 4.98 Å². The number of amides is 1. The first kappa shape index (κ1) is 16.2. The van der Waals surface area contributed by atoms with Crippen LogP contribution in [0.15, 0.2) is 0 Å². The Hall–Kier alpha value is -1.69. The van der Waals surface area contributed by atoms with Crippen LogP contribution in [0.4, 0.5) is 5.13 Å². The van der Waals surface area contributed by atoms with Gasteiger partial charge >= 0.3 is 0 Å². The molecule has 0 bridgehead atoms. The second-order valence-electron chi connectivity index (χ2n) is 5.94. The van der Waals surface area contributed by atoms with Crippen LogP contribution in [0.5, 0.6) is 0 Å². The first-order valence-electron chi connectivity index (χ1n) is 7.87. The van der Waals surface area contributed by atoms with Crippen molar-refractivity contribution in [3.8, 4) is 6.19 Å². The molecular weight excluding hydrogens is 314 g/mol. The number of carbonyl (C=O) groups is 1. The van der Waals surface area contributed by atoms with Gasteiger partial charge in [0, 0.05) is 37.6 Å². The van der Waals surface area contributed by atoms with Crippen LogP contribution < -0.4 is 5.32 Å². The van der Waals surface area contributed by atoms with E-state index in [2.05, 4.69) is 21.4 Å². The average molecular weight is 335 g/mol. The first-order valence-corrected chi connectivity index (χ1v) is 8.69. The second-order valence-corrected chi connectivity index (χ2v) is 7.02. The summed E-state index contributed by atoms with van der Waals surface area (Å²) in [6, 6.07) is 0. The van der Waals surface area contributed by atoms with Crippen molar-refractivity contribution in [3.63, 3.8) is 0 Å². The molecule has 0 radical (unpaired) electrons. The lowest BCUT2D eigenvalue weighted by atomic mass is 10.1. The summed E-state index contributed by atoms with van der Waals surface area (Å²) in [5, 5.41) is 12.4. The van der Waals surface area contributed by atoms with Gasteiger partial charge in [0.15, 0.2) is 11.3 Å². The molecule has 3 heterocycles. The fraction of sp³-hybridized carbons (Fsp3) is 0.667. The maximum absolute atomic E-state index is 12.3. The molecule has 23 heavy (non-hydrogen) atoms. The molecule has 0 saturated carbocycles. The molecule has 3 rings (SSSR count). The molecule has 1 aromatic heterocycles. The molecule has 1 aromatic rings. The summed E-state index contributed by atoms with van der Waals surface area (Å²) in [6.45, 7) is 7.43. The van der Waals surface area contributed by atoms with Gasteiger partial charge in [0.25, 0.3) is 0 Å². The number of rotatable bonds is 4. The zero-order valence-electron chi connectivity index (χ0n) is 13.2. The number of carbonyl (C=O) groups excluding carboxylic acids is 1. The highest BCUT2D eigenvalue weighted by Crippen LogP contribution is 2.26. The van der Waals surface area contributed by atoms with Gasteiger partial charge in [-0.05, 0) is 13.3 Å². The fourth-order valence-electron chi connectivity index (χ4n) is 2.86. The number of thiazole rings is 1. The Labute approximate surface area is 139 Å². The van der Waals surface area contributed by atoms with E-state index >= 15 is 0 Å². The highest BCUT2D eigenvalue weighted by Gasteiger charge is 2.28. The third kappa shape index (κ3) is 3.99. The predicted molar refractivity (Wildman–Crippen MR) is 86.9 cm³/mol. The van der Waals surface area contributed by atoms with Crippen LogP contribution in [0.25, 0.3) is 0 Å². The minimum Gasteiger partial charge on any atom is -0.379 e. The van der Waals surface area contributed by atoms with Gasteiger partial charge < -0.3 is 15.0 Å². The SMILES string of the molecule is Cc1nc(NC(=O)C2CCN(C#N)C2)sc1CN1CCOCC1. The maximum atomic E-state index is 12.3. The maximum Gasteiger partial charge on any atom is 0.231 e. The highest BCUT2D eigenvalue weighted by atomic mass is 32.1. The number of nitrogens with zero attached hydrogens (tertiary/aromatic N) is 4. The summed E-state index contributed by atoms with van der Waals surface area (Å²) in [7, 11) is 0. The van der Waals surface area contributed by atoms with E-state index in [9.17, 15) is 4.79 Å². The van der Waals surface area contributed by atoms with Crippen molar-refractivity contribution in [3.05, 3.63) is 10.6 Å². The monoisotopic (exact) mass is 335 g/mol. The summed E-state index contributed by atoms with van der Waals surface area (Å²) in [5.41, 5.74) is 0.974. The summed E-state index contributed by atoms with van der Waals surface area (Å²) < 4.78 is 5.36. The van der Waals surface area contributed by atoms with Gasteiger partial charge in [0.2, 0.25) is 5.91 Å². The predicted octanol–water partition coefficient (Wildman–Crippen LogP) is 1.03. The highest BCUT2D eigenvalue weighted by molar-refractivity contribution is 7.15. The van der Waals surface area contributed by atoms with E-state index in [1.54, 1.807) is 16.2 Å². The molecule has 2 saturated heterocycles. The van der Waals surface area contributed by atoms with Crippen molar-refractivity contribution in [2.24, 2.45) is 5.92 Å². The van der Waals surface area contributed by atoms with Crippen LogP contribution in [0.1, 0.15) is 17.0 Å². The number of likely N-dealkylation sites (tertiary alicyclic amines) is 1. The molecule has 1 unspecified atom stereocenters. The average Bonchev–Trinajstić information content (AvgIpc) is 3.16. The van der Waals surface area contributed by atoms with Crippen LogP contribution in [0.3, 0.4) is 0 Å². The van der Waals surface area contributed by atoms with E-state index in [0.29, 0.717) is 18.2 Å². The van der Waals surface area contributed by atoms with Gasteiger partial charge in [0.1, 0.15) is 0 Å². The number of ether oxygens (including phenoxy) is 1. The molecule has 0 spiro atoms. The summed E-state index contributed by atoms with van der Waals surface area (Å²) in [6.07, 6.45) is 2.82. The smallest absolute Gasteiger partial charge is 0.231 e. The lowest BCUT2D eigenvalue weighted by molar-refractivity contribution is -0.119. The third-order valence-corrected chi connectivity index (χ3v) is 5.35. The van der Waals surface area contributed by atoms with Crippen LogP contribution in [-0.4, -0.2) is 60.1 Å². The summed E-state index contributed by atoms with van der Waals surface area (Å²) >= 11 is 1.54. The Morgan fingerprint density at radius 2 is 2.26 bits per heavy atom. The van der Waals surface area contributed by atoms with E-state index < -0.39 is 0 Å². The van der Waals surface area contributed by atoms with E-state index in [1.807, 2.05) is 6.92 Å². The normalized spacial score (nSPS) is 22.1. The van der Waals surface area contributed by atoms with Crippen molar-refractivity contribution in [2.45, 2.75) is 19.9 Å². The molecule has 1 N–H and O–H groups in total. The zero-order valence-corrected chi connectivity index (χ0v) is 14.1. The van der Waals surface area contributed by atoms with E-state index in [-0.39, 0.29) is 11.8 Å². The number of hydrogen-bond acceptors (Lipinski definition) is 7. The minimum atomic E-state index is -0.124. The van der Waals surface area contributed by atoms with E-state index in [0.717, 1.165) is 45.0 Å². The number of aromatic nitrogens is 1. The quantitative estimate of drug-likeness (QED) is 0.828. The van der Waals surface area contributed by atoms with Crippen LogP contribution in [0, 0.1) is 24.3 Å². The number of hydrogen-bond donors (Lipinski definition) is 1. The molecule has 124 valence electrons. The van der Waals surface area contributed by atoms with Gasteiger partial charge in [-0.1, -0.05) is 0 Å². The molecule has 0 aromatic carbocycles. The summed E-state index contributed by atoms with van der Waals surface area (Å²) in [4.78, 5) is 21.9. The molecule has 2 fully saturated rings. The molecule has 0 aliphatic carbocycles. The third-order valence-electron chi connectivity index (χ3n) is 4.29. The Balaban J connectivity index is 1.57. The van der Waals surface area contributed by atoms with Crippen LogP contribution >= 0.6 is 11.3 Å². The first-order chi connectivity index (χ1) is 11.2. The standard InChI is InChI=1S/C15H21N5O2S/c1-11-13(9-19-4-6-22-7-5-19)23-15(17-11)18-14(21)12-2-3-20(8-12)10-16/h12H,2-9H2,1H3,(H,17,18,21). The molecule has 7 nitrogen and oxygen atoms in total. The second kappa shape index (κ2) is 7.25. The lowest BCUT2D eigenvalue weighted by Crippen LogP contribution is -2.35. The van der Waals surface area contributed by atoms with Gasteiger partial charge in [-0.2, -0.15) is 5.26 Å².